The third kappa shape index (κ3) is 5.17. The third-order valence-corrected chi connectivity index (χ3v) is 0.297. The molecule has 0 aromatic heterocycles. The molecule has 0 heterocycles. The summed E-state index contributed by atoms with van der Waals surface area (Å²) in [6.07, 6.45) is 0. The molecule has 0 aromatic carbocycles. The van der Waals surface area contributed by atoms with Crippen molar-refractivity contribution in [1.82, 2.24) is 0 Å². The van der Waals surface area contributed by atoms with E-state index in [1.165, 1.54) is 0 Å². The highest BCUT2D eigenvalue weighted by atomic mass is 16.4. The molecule has 0 aliphatic rings. The molecule has 0 saturated carbocycles. The first-order valence-electron chi connectivity index (χ1n) is 2.69. The van der Waals surface area contributed by atoms with Gasteiger partial charge in [-0.1, -0.05) is 6.05 Å². The number of nitrogens with two attached hydrogens (primary N) is 1. The zero-order valence-electron chi connectivity index (χ0n) is 5.64. The molecule has 7 heavy (non-hydrogen) atoms. The van der Waals surface area contributed by atoms with E-state index in [0.29, 0.717) is 0 Å². The van der Waals surface area contributed by atoms with Crippen LogP contribution in [0.15, 0.2) is 12.1 Å². The lowest BCUT2D eigenvalue weighted by molar-refractivity contribution is -0.131. The molecule has 0 aromatic rings. The molecule has 0 bridgehead atoms. The maximum atomic E-state index is 9.88. The van der Waals surface area contributed by atoms with Crippen LogP contribution < -0.4 is 5.73 Å². The molecule has 3 N–H and O–H groups in total. The van der Waals surface area contributed by atoms with Crippen molar-refractivity contribution in [1.29, 1.82) is 0 Å². The number of aliphatic carboxylic acids is 1. The Morgan fingerprint density at radius 2 is 2.71 bits per heavy atom. The van der Waals surface area contributed by atoms with Gasteiger partial charge in [0, 0.05) is 12.6 Å². The van der Waals surface area contributed by atoms with Crippen LogP contribution in [0.25, 0.3) is 0 Å². The maximum Gasteiger partial charge on any atom is 0.328 e. The average Bonchev–Trinajstić information content (AvgIpc) is 1.84. The topological polar surface area (TPSA) is 63.3 Å². The number of hydrogen-bond acceptors (Lipinski definition) is 2. The fourth-order valence-corrected chi connectivity index (χ4v) is 0.127. The van der Waals surface area contributed by atoms with Crippen molar-refractivity contribution in [2.24, 2.45) is 5.73 Å². The van der Waals surface area contributed by atoms with Gasteiger partial charge in [-0.05, 0) is 0 Å². The predicted octanol–water partition coefficient (Wildman–Crippen LogP) is -0.414. The summed E-state index contributed by atoms with van der Waals surface area (Å²) in [6, 6.07) is -1.10. The Morgan fingerprint density at radius 3 is 2.86 bits per heavy atom. The van der Waals surface area contributed by atoms with E-state index < -0.39 is 12.0 Å². The van der Waals surface area contributed by atoms with Gasteiger partial charge in [-0.15, -0.1) is 0 Å². The quantitative estimate of drug-likeness (QED) is 0.469. The SMILES string of the molecule is [3H]/C(CN)=C(\[3H])C(=O)O. The van der Waals surface area contributed by atoms with E-state index in [9.17, 15) is 4.79 Å². The molecule has 3 heteroatoms. The molecule has 0 fully saturated rings. The minimum Gasteiger partial charge on any atom is -0.478 e. The first-order valence-corrected chi connectivity index (χ1v) is 1.69. The van der Waals surface area contributed by atoms with Gasteiger partial charge in [0.25, 0.3) is 0 Å². The third-order valence-electron chi connectivity index (χ3n) is 0.297. The van der Waals surface area contributed by atoms with Crippen LogP contribution in [0.2, 0.25) is 0 Å². The summed E-state index contributed by atoms with van der Waals surface area (Å²) in [5, 5.41) is 8.06. The lowest BCUT2D eigenvalue weighted by Crippen LogP contribution is -1.95. The molecular formula is C4H7NO2. The minimum atomic E-state index is -1.41. The van der Waals surface area contributed by atoms with Crippen LogP contribution in [0.5, 0.6) is 0 Å². The number of hydrogen-bond donors (Lipinski definition) is 2. The molecular weight excluding hydrogens is 94.0 g/mol. The first-order chi connectivity index (χ1) is 4.09. The molecule has 0 radical (unpaired) electrons. The maximum absolute atomic E-state index is 9.88. The van der Waals surface area contributed by atoms with E-state index in [4.69, 9.17) is 13.6 Å². The predicted molar refractivity (Wildman–Crippen MR) is 25.8 cm³/mol. The van der Waals surface area contributed by atoms with Gasteiger partial charge >= 0.3 is 5.97 Å². The molecule has 0 spiro atoms. The number of rotatable bonds is 2. The van der Waals surface area contributed by atoms with Crippen molar-refractivity contribution in [3.05, 3.63) is 12.1 Å². The van der Waals surface area contributed by atoms with Crippen LogP contribution in [0.3, 0.4) is 0 Å². The van der Waals surface area contributed by atoms with E-state index in [1.54, 1.807) is 0 Å². The molecule has 0 amide bonds. The van der Waals surface area contributed by atoms with Crippen molar-refractivity contribution in [2.75, 3.05) is 6.54 Å². The van der Waals surface area contributed by atoms with Crippen molar-refractivity contribution < 1.29 is 12.6 Å². The van der Waals surface area contributed by atoms with Crippen molar-refractivity contribution in [3.8, 4) is 0 Å². The average molecular weight is 105 g/mol. The van der Waals surface area contributed by atoms with Crippen LogP contribution in [0, 0.1) is 0 Å². The Morgan fingerprint density at radius 1 is 2.14 bits per heavy atom. The first kappa shape index (κ1) is 3.21. The second kappa shape index (κ2) is 3.36. The normalized spacial score (nSPS) is 16.7. The molecule has 0 rings (SSSR count). The van der Waals surface area contributed by atoms with Gasteiger partial charge < -0.3 is 10.8 Å². The van der Waals surface area contributed by atoms with Gasteiger partial charge in [0.2, 0.25) is 0 Å². The second-order valence-corrected chi connectivity index (χ2v) is 0.811. The van der Waals surface area contributed by atoms with Crippen molar-refractivity contribution >= 4 is 5.97 Å². The molecule has 40 valence electrons. The van der Waals surface area contributed by atoms with Gasteiger partial charge in [0.05, 0.1) is 2.74 Å². The Kier molecular flexibility index (Phi) is 1.54. The standard InChI is InChI=1S/C4H7NO2/c5-3-1-2-4(6)7/h1-2H,3,5H2,(H,6,7)/b2-1-/i1T,2T. The van der Waals surface area contributed by atoms with E-state index in [-0.39, 0.29) is 12.6 Å². The highest BCUT2D eigenvalue weighted by molar-refractivity contribution is 5.79. The number of carbonyl (C=O) groups is 1. The Balaban J connectivity index is 4.28. The summed E-state index contributed by atoms with van der Waals surface area (Å²) >= 11 is 0. The van der Waals surface area contributed by atoms with E-state index in [2.05, 4.69) is 0 Å². The molecule has 0 atom stereocenters. The highest BCUT2D eigenvalue weighted by Crippen LogP contribution is 1.65. The van der Waals surface area contributed by atoms with E-state index >= 15 is 0 Å². The zero-order valence-corrected chi connectivity index (χ0v) is 3.64. The van der Waals surface area contributed by atoms with Gasteiger partial charge in [-0.25, -0.2) is 4.79 Å². The summed E-state index contributed by atoms with van der Waals surface area (Å²) in [5.41, 5.74) is 4.88. The molecule has 0 aliphatic carbocycles. The Bertz CT molecular complexity index is 155. The fraction of sp³-hybridized carbons (Fsp3) is 0.250. The van der Waals surface area contributed by atoms with Gasteiger partial charge in [0.15, 0.2) is 0 Å². The largest absolute Gasteiger partial charge is 0.478 e. The Hall–Kier alpha value is -0.830. The van der Waals surface area contributed by atoms with Gasteiger partial charge in [-0.2, -0.15) is 0 Å². The van der Waals surface area contributed by atoms with Crippen LogP contribution in [-0.2, 0) is 4.79 Å². The Labute approximate surface area is 44.3 Å². The molecule has 0 saturated heterocycles. The lowest BCUT2D eigenvalue weighted by Gasteiger charge is -1.74. The molecule has 0 aliphatic heterocycles. The van der Waals surface area contributed by atoms with Crippen LogP contribution in [0.1, 0.15) is 2.74 Å². The summed E-state index contributed by atoms with van der Waals surface area (Å²) in [4.78, 5) is 9.88. The minimum absolute atomic E-state index is 0.203. The highest BCUT2D eigenvalue weighted by Gasteiger charge is 1.79. The summed E-state index contributed by atoms with van der Waals surface area (Å²) in [6.45, 7) is -0.203. The second-order valence-electron chi connectivity index (χ2n) is 0.811. The van der Waals surface area contributed by atoms with E-state index in [0.717, 1.165) is 0 Å². The van der Waals surface area contributed by atoms with Gasteiger partial charge in [0.1, 0.15) is 0 Å². The summed E-state index contributed by atoms with van der Waals surface area (Å²) < 4.78 is 13.4. The molecule has 3 nitrogen and oxygen atoms in total. The zero-order chi connectivity index (χ0) is 7.44. The van der Waals surface area contributed by atoms with Crippen LogP contribution in [-0.4, -0.2) is 17.6 Å². The fourth-order valence-electron chi connectivity index (χ4n) is 0.127. The summed E-state index contributed by atoms with van der Waals surface area (Å²) in [5.74, 6) is -1.41. The van der Waals surface area contributed by atoms with Crippen LogP contribution in [0.4, 0.5) is 0 Å². The van der Waals surface area contributed by atoms with E-state index in [1.807, 2.05) is 0 Å². The van der Waals surface area contributed by atoms with Gasteiger partial charge in [-0.3, -0.25) is 0 Å². The van der Waals surface area contributed by atoms with Crippen molar-refractivity contribution in [3.63, 3.8) is 0 Å². The van der Waals surface area contributed by atoms with Crippen LogP contribution >= 0.6 is 0 Å². The summed E-state index contributed by atoms with van der Waals surface area (Å²) in [7, 11) is 0. The monoisotopic (exact) mass is 105 g/mol. The molecule has 0 unspecified atom stereocenters. The number of carboxylic acids is 1. The smallest absolute Gasteiger partial charge is 0.328 e. The number of carboxylic acid groups (broad SMARTS) is 1. The van der Waals surface area contributed by atoms with Crippen molar-refractivity contribution in [2.45, 2.75) is 0 Å². The lowest BCUT2D eigenvalue weighted by atomic mass is 10.5.